The fraction of sp³-hybridized carbons (Fsp3) is 0.438. The number of amides is 1. The van der Waals surface area contributed by atoms with E-state index in [1.807, 2.05) is 0 Å². The zero-order chi connectivity index (χ0) is 18.8. The third-order valence-electron chi connectivity index (χ3n) is 3.87. The van der Waals surface area contributed by atoms with E-state index in [2.05, 4.69) is 0 Å². The second-order valence-corrected chi connectivity index (χ2v) is 5.66. The Balaban J connectivity index is 2.31. The molecule has 0 atom stereocenters. The van der Waals surface area contributed by atoms with Gasteiger partial charge in [0.25, 0.3) is 0 Å². The van der Waals surface area contributed by atoms with Gasteiger partial charge in [-0.25, -0.2) is 0 Å². The van der Waals surface area contributed by atoms with Crippen LogP contribution in [-0.2, 0) is 17.1 Å². The van der Waals surface area contributed by atoms with Crippen LogP contribution in [0.15, 0.2) is 24.3 Å². The van der Waals surface area contributed by atoms with E-state index >= 15 is 0 Å². The molecular formula is C16H15F6NO2. The predicted octanol–water partition coefficient (Wildman–Crippen LogP) is 3.72. The summed E-state index contributed by atoms with van der Waals surface area (Å²) < 4.78 is 77.9. The van der Waals surface area contributed by atoms with Crippen LogP contribution in [0, 0.1) is 0 Å². The Morgan fingerprint density at radius 1 is 1.08 bits per heavy atom. The lowest BCUT2D eigenvalue weighted by molar-refractivity contribution is -0.162. The van der Waals surface area contributed by atoms with Gasteiger partial charge in [-0.15, -0.1) is 0 Å². The average Bonchev–Trinajstić information content (AvgIpc) is 2.51. The van der Waals surface area contributed by atoms with Gasteiger partial charge in [-0.05, 0) is 30.5 Å². The van der Waals surface area contributed by atoms with E-state index in [9.17, 15) is 36.2 Å². The largest absolute Gasteiger partial charge is 0.417 e. The van der Waals surface area contributed by atoms with Crippen molar-refractivity contribution in [2.24, 2.45) is 0 Å². The van der Waals surface area contributed by atoms with Crippen molar-refractivity contribution in [2.75, 3.05) is 13.1 Å². The highest BCUT2D eigenvalue weighted by atomic mass is 19.4. The smallest absolute Gasteiger partial charge is 0.393 e. The van der Waals surface area contributed by atoms with Gasteiger partial charge in [0, 0.05) is 19.2 Å². The number of piperidine rings is 1. The Bertz CT molecular complexity index is 658. The van der Waals surface area contributed by atoms with Crippen LogP contribution in [0.2, 0.25) is 0 Å². The molecule has 1 amide bonds. The third kappa shape index (κ3) is 4.75. The molecule has 1 heterocycles. The predicted molar refractivity (Wildman–Crippen MR) is 77.3 cm³/mol. The highest BCUT2D eigenvalue weighted by Crippen LogP contribution is 2.42. The van der Waals surface area contributed by atoms with Crippen molar-refractivity contribution >= 4 is 12.0 Å². The summed E-state index contributed by atoms with van der Waals surface area (Å²) in [7, 11) is 0. The number of benzene rings is 1. The fourth-order valence-electron chi connectivity index (χ4n) is 2.61. The summed E-state index contributed by atoms with van der Waals surface area (Å²) in [5, 5.41) is 9.36. The Morgan fingerprint density at radius 2 is 1.68 bits per heavy atom. The monoisotopic (exact) mass is 367 g/mol. The molecule has 0 bridgehead atoms. The number of halogens is 6. The van der Waals surface area contributed by atoms with Crippen molar-refractivity contribution in [3.05, 3.63) is 41.0 Å². The number of likely N-dealkylation sites (tertiary alicyclic amines) is 1. The first-order chi connectivity index (χ1) is 11.5. The van der Waals surface area contributed by atoms with Crippen LogP contribution in [0.1, 0.15) is 29.5 Å². The highest BCUT2D eigenvalue weighted by molar-refractivity contribution is 5.92. The molecule has 1 aromatic rings. The maximum absolute atomic E-state index is 13.1. The zero-order valence-corrected chi connectivity index (χ0v) is 12.9. The second-order valence-electron chi connectivity index (χ2n) is 5.66. The summed E-state index contributed by atoms with van der Waals surface area (Å²) in [6.07, 6.45) is -8.67. The molecule has 1 N–H and O–H groups in total. The molecule has 0 spiro atoms. The number of rotatable bonds is 2. The molecule has 1 saturated heterocycles. The summed E-state index contributed by atoms with van der Waals surface area (Å²) in [6.45, 7) is 0.470. The standard InChI is InChI=1S/C16H15F6NO2/c17-15(18,19)12-3-1-2-10(14(12)16(20,21)22)4-5-13(25)23-8-6-11(24)7-9-23/h1-5,11,24H,6-9H2/b5-4+. The number of hydrogen-bond acceptors (Lipinski definition) is 2. The minimum absolute atomic E-state index is 0.235. The average molecular weight is 367 g/mol. The summed E-state index contributed by atoms with van der Waals surface area (Å²) in [5.41, 5.74) is -4.34. The maximum Gasteiger partial charge on any atom is 0.417 e. The van der Waals surface area contributed by atoms with Gasteiger partial charge in [-0.1, -0.05) is 12.1 Å². The Kier molecular flexibility index (Phi) is 5.46. The van der Waals surface area contributed by atoms with Crippen molar-refractivity contribution in [1.29, 1.82) is 0 Å². The Labute approximate surface area is 139 Å². The number of carbonyl (C=O) groups excluding carboxylic acids is 1. The first kappa shape index (κ1) is 19.3. The molecular weight excluding hydrogens is 352 g/mol. The van der Waals surface area contributed by atoms with E-state index in [1.165, 1.54) is 4.90 Å². The highest BCUT2D eigenvalue weighted by Gasteiger charge is 2.44. The van der Waals surface area contributed by atoms with Crippen LogP contribution in [0.25, 0.3) is 6.08 Å². The SMILES string of the molecule is O=C(/C=C/c1cccc(C(F)(F)F)c1C(F)(F)F)N1CCC(O)CC1. The molecule has 3 nitrogen and oxygen atoms in total. The van der Waals surface area contributed by atoms with Crippen molar-refractivity contribution < 1.29 is 36.2 Å². The molecule has 1 fully saturated rings. The van der Waals surface area contributed by atoms with Gasteiger partial charge >= 0.3 is 12.4 Å². The molecule has 0 saturated carbocycles. The summed E-state index contributed by atoms with van der Waals surface area (Å²) in [6, 6.07) is 2.09. The Hall–Kier alpha value is -2.03. The molecule has 25 heavy (non-hydrogen) atoms. The van der Waals surface area contributed by atoms with Crippen molar-refractivity contribution in [3.63, 3.8) is 0 Å². The fourth-order valence-corrected chi connectivity index (χ4v) is 2.61. The van der Waals surface area contributed by atoms with E-state index in [-0.39, 0.29) is 13.1 Å². The van der Waals surface area contributed by atoms with Gasteiger partial charge < -0.3 is 10.0 Å². The van der Waals surface area contributed by atoms with Gasteiger partial charge in [-0.3, -0.25) is 4.79 Å². The molecule has 0 radical (unpaired) electrons. The number of carbonyl (C=O) groups is 1. The van der Waals surface area contributed by atoms with Crippen LogP contribution < -0.4 is 0 Å². The molecule has 9 heteroatoms. The number of alkyl halides is 6. The lowest BCUT2D eigenvalue weighted by Crippen LogP contribution is -2.39. The lowest BCUT2D eigenvalue weighted by atomic mass is 9.99. The molecule has 1 aliphatic heterocycles. The number of nitrogens with zero attached hydrogens (tertiary/aromatic N) is 1. The van der Waals surface area contributed by atoms with Crippen LogP contribution in [0.5, 0.6) is 0 Å². The van der Waals surface area contributed by atoms with E-state index in [1.54, 1.807) is 0 Å². The van der Waals surface area contributed by atoms with Gasteiger partial charge in [0.2, 0.25) is 5.91 Å². The number of hydrogen-bond donors (Lipinski definition) is 1. The van der Waals surface area contributed by atoms with Crippen molar-refractivity contribution in [2.45, 2.75) is 31.3 Å². The third-order valence-corrected chi connectivity index (χ3v) is 3.87. The van der Waals surface area contributed by atoms with Crippen LogP contribution in [0.3, 0.4) is 0 Å². The topological polar surface area (TPSA) is 40.5 Å². The van der Waals surface area contributed by atoms with Crippen molar-refractivity contribution in [3.8, 4) is 0 Å². The molecule has 0 aliphatic carbocycles. The van der Waals surface area contributed by atoms with Crippen molar-refractivity contribution in [1.82, 2.24) is 4.90 Å². The van der Waals surface area contributed by atoms with Crippen LogP contribution in [0.4, 0.5) is 26.3 Å². The van der Waals surface area contributed by atoms with Gasteiger partial charge in [-0.2, -0.15) is 26.3 Å². The normalized spacial score (nSPS) is 17.3. The van der Waals surface area contributed by atoms with E-state index in [4.69, 9.17) is 0 Å². The quantitative estimate of drug-likeness (QED) is 0.639. The van der Waals surface area contributed by atoms with Crippen LogP contribution >= 0.6 is 0 Å². The summed E-state index contributed by atoms with van der Waals surface area (Å²) >= 11 is 0. The molecule has 0 aromatic heterocycles. The van der Waals surface area contributed by atoms with E-state index in [0.29, 0.717) is 18.9 Å². The summed E-state index contributed by atoms with van der Waals surface area (Å²) in [5.74, 6) is -0.613. The van der Waals surface area contributed by atoms with Gasteiger partial charge in [0.05, 0.1) is 17.2 Å². The molecule has 138 valence electrons. The van der Waals surface area contributed by atoms with Crippen LogP contribution in [-0.4, -0.2) is 35.1 Å². The van der Waals surface area contributed by atoms with E-state index < -0.39 is 41.1 Å². The van der Waals surface area contributed by atoms with Gasteiger partial charge in [0.1, 0.15) is 0 Å². The first-order valence-electron chi connectivity index (χ1n) is 7.42. The number of aliphatic hydroxyl groups is 1. The molecule has 0 unspecified atom stereocenters. The number of aliphatic hydroxyl groups excluding tert-OH is 1. The van der Waals surface area contributed by atoms with Gasteiger partial charge in [0.15, 0.2) is 0 Å². The summed E-state index contributed by atoms with van der Waals surface area (Å²) in [4.78, 5) is 13.3. The molecule has 1 aliphatic rings. The lowest BCUT2D eigenvalue weighted by Gasteiger charge is -2.28. The minimum atomic E-state index is -5.22. The first-order valence-corrected chi connectivity index (χ1v) is 7.42. The van der Waals surface area contributed by atoms with E-state index in [0.717, 1.165) is 24.3 Å². The molecule has 1 aromatic carbocycles. The second kappa shape index (κ2) is 7.07. The zero-order valence-electron chi connectivity index (χ0n) is 12.9. The maximum atomic E-state index is 13.1. The Morgan fingerprint density at radius 3 is 2.20 bits per heavy atom. The minimum Gasteiger partial charge on any atom is -0.393 e. The molecule has 2 rings (SSSR count).